The fourth-order valence-corrected chi connectivity index (χ4v) is 2.98. The zero-order valence-corrected chi connectivity index (χ0v) is 8.87. The predicted molar refractivity (Wildman–Crippen MR) is 55.7 cm³/mol. The monoisotopic (exact) mass is 210 g/mol. The van der Waals surface area contributed by atoms with E-state index in [1.165, 1.54) is 25.9 Å². The number of aromatic nitrogens is 1. The van der Waals surface area contributed by atoms with Gasteiger partial charge >= 0.3 is 0 Å². The maximum Gasteiger partial charge on any atom is 0.273 e. The van der Waals surface area contributed by atoms with Crippen LogP contribution in [0, 0.1) is 5.92 Å². The van der Waals surface area contributed by atoms with Crippen LogP contribution in [0.25, 0.3) is 0 Å². The van der Waals surface area contributed by atoms with Crippen LogP contribution < -0.4 is 4.74 Å². The molecule has 1 unspecified atom stereocenters. The largest absolute Gasteiger partial charge is 0.465 e. The van der Waals surface area contributed by atoms with Gasteiger partial charge in [-0.05, 0) is 31.8 Å². The Morgan fingerprint density at radius 1 is 1.43 bits per heavy atom. The summed E-state index contributed by atoms with van der Waals surface area (Å²) in [5.74, 6) is 0.767. The number of rotatable bonds is 2. The van der Waals surface area contributed by atoms with Crippen molar-refractivity contribution in [3.05, 3.63) is 11.6 Å². The van der Waals surface area contributed by atoms with Gasteiger partial charge in [0.05, 0.1) is 0 Å². The van der Waals surface area contributed by atoms with Crippen LogP contribution in [0.3, 0.4) is 0 Å². The van der Waals surface area contributed by atoms with E-state index in [2.05, 4.69) is 9.88 Å². The second-order valence-electron chi connectivity index (χ2n) is 4.09. The molecule has 1 aromatic rings. The first-order valence-corrected chi connectivity index (χ1v) is 6.08. The van der Waals surface area contributed by atoms with E-state index in [-0.39, 0.29) is 0 Å². The minimum Gasteiger partial charge on any atom is -0.465 e. The van der Waals surface area contributed by atoms with E-state index in [0.29, 0.717) is 6.10 Å². The van der Waals surface area contributed by atoms with Gasteiger partial charge in [0.25, 0.3) is 5.19 Å². The third kappa shape index (κ3) is 1.53. The van der Waals surface area contributed by atoms with E-state index in [0.717, 1.165) is 17.7 Å². The van der Waals surface area contributed by atoms with E-state index in [9.17, 15) is 0 Å². The molecule has 0 aliphatic carbocycles. The van der Waals surface area contributed by atoms with Crippen molar-refractivity contribution in [3.8, 4) is 5.19 Å². The van der Waals surface area contributed by atoms with Crippen molar-refractivity contribution in [1.82, 2.24) is 9.88 Å². The average Bonchev–Trinajstić information content (AvgIpc) is 2.72. The topological polar surface area (TPSA) is 25.4 Å². The third-order valence-corrected chi connectivity index (χ3v) is 3.92. The number of hydrogen-bond donors (Lipinski definition) is 0. The smallest absolute Gasteiger partial charge is 0.273 e. The highest BCUT2D eigenvalue weighted by Crippen LogP contribution is 2.31. The van der Waals surface area contributed by atoms with E-state index in [1.54, 1.807) is 17.5 Å². The summed E-state index contributed by atoms with van der Waals surface area (Å²) >= 11 is 1.59. The standard InChI is InChI=1S/C10H14N2OS/c1-4-12-5-2-8(1)9(7-12)13-10-11-3-6-14-10/h3,6,8-9H,1-2,4-5,7H2. The predicted octanol–water partition coefficient (Wildman–Crippen LogP) is 1.62. The van der Waals surface area contributed by atoms with Gasteiger partial charge in [0.15, 0.2) is 0 Å². The molecule has 3 saturated heterocycles. The fourth-order valence-electron chi connectivity index (χ4n) is 2.44. The lowest BCUT2D eigenvalue weighted by atomic mass is 9.86. The molecular weight excluding hydrogens is 196 g/mol. The number of piperidine rings is 3. The lowest BCUT2D eigenvalue weighted by Crippen LogP contribution is -2.52. The third-order valence-electron chi connectivity index (χ3n) is 3.26. The van der Waals surface area contributed by atoms with Crippen LogP contribution in [-0.4, -0.2) is 35.6 Å². The molecule has 3 aliphatic rings. The van der Waals surface area contributed by atoms with Crippen molar-refractivity contribution in [1.29, 1.82) is 0 Å². The minimum absolute atomic E-state index is 0.392. The summed E-state index contributed by atoms with van der Waals surface area (Å²) in [6, 6.07) is 0. The van der Waals surface area contributed by atoms with Crippen molar-refractivity contribution < 1.29 is 4.74 Å². The van der Waals surface area contributed by atoms with Crippen molar-refractivity contribution in [2.75, 3.05) is 19.6 Å². The first kappa shape index (κ1) is 8.68. The van der Waals surface area contributed by atoms with Crippen LogP contribution in [0.15, 0.2) is 11.6 Å². The van der Waals surface area contributed by atoms with Gasteiger partial charge in [-0.3, -0.25) is 4.90 Å². The molecule has 4 rings (SSSR count). The molecule has 14 heavy (non-hydrogen) atoms. The molecule has 0 amide bonds. The van der Waals surface area contributed by atoms with Crippen LogP contribution in [0.2, 0.25) is 0 Å². The van der Waals surface area contributed by atoms with Crippen molar-refractivity contribution in [2.45, 2.75) is 18.9 Å². The summed E-state index contributed by atoms with van der Waals surface area (Å²) in [6.45, 7) is 3.63. The Kier molecular flexibility index (Phi) is 2.18. The van der Waals surface area contributed by atoms with E-state index in [1.807, 2.05) is 5.38 Å². The first-order valence-electron chi connectivity index (χ1n) is 5.20. The molecule has 4 heteroatoms. The van der Waals surface area contributed by atoms with Gasteiger partial charge in [-0.15, -0.1) is 0 Å². The molecule has 0 saturated carbocycles. The van der Waals surface area contributed by atoms with Gasteiger partial charge in [-0.1, -0.05) is 11.3 Å². The second kappa shape index (κ2) is 3.51. The molecule has 3 aliphatic heterocycles. The quantitative estimate of drug-likeness (QED) is 0.741. The van der Waals surface area contributed by atoms with E-state index >= 15 is 0 Å². The zero-order chi connectivity index (χ0) is 9.38. The second-order valence-corrected chi connectivity index (χ2v) is 4.95. The number of hydrogen-bond acceptors (Lipinski definition) is 4. The van der Waals surface area contributed by atoms with Crippen LogP contribution in [0.4, 0.5) is 0 Å². The number of thiazole rings is 1. The molecule has 0 N–H and O–H groups in total. The van der Waals surface area contributed by atoms with Gasteiger partial charge in [-0.2, -0.15) is 0 Å². The molecule has 1 atom stereocenters. The molecule has 0 radical (unpaired) electrons. The SMILES string of the molecule is c1csc(OC2CN3CCC2CC3)n1. The summed E-state index contributed by atoms with van der Waals surface area (Å²) in [6.07, 6.45) is 4.80. The zero-order valence-electron chi connectivity index (χ0n) is 8.06. The molecule has 3 fully saturated rings. The van der Waals surface area contributed by atoms with Gasteiger partial charge < -0.3 is 4.74 Å². The molecule has 76 valence electrons. The molecule has 0 spiro atoms. The van der Waals surface area contributed by atoms with Gasteiger partial charge in [-0.25, -0.2) is 4.98 Å². The summed E-state index contributed by atoms with van der Waals surface area (Å²) in [4.78, 5) is 6.67. The summed E-state index contributed by atoms with van der Waals surface area (Å²) in [5, 5.41) is 2.81. The van der Waals surface area contributed by atoms with Crippen LogP contribution in [-0.2, 0) is 0 Å². The highest BCUT2D eigenvalue weighted by Gasteiger charge is 2.35. The fraction of sp³-hybridized carbons (Fsp3) is 0.700. The molecule has 1 aromatic heterocycles. The lowest BCUT2D eigenvalue weighted by Gasteiger charge is -2.43. The van der Waals surface area contributed by atoms with Crippen molar-refractivity contribution in [2.24, 2.45) is 5.92 Å². The summed E-state index contributed by atoms with van der Waals surface area (Å²) < 4.78 is 5.89. The summed E-state index contributed by atoms with van der Waals surface area (Å²) in [5.41, 5.74) is 0. The Morgan fingerprint density at radius 3 is 2.86 bits per heavy atom. The molecule has 0 aromatic carbocycles. The average molecular weight is 210 g/mol. The maximum atomic E-state index is 5.89. The van der Waals surface area contributed by atoms with Gasteiger partial charge in [0, 0.05) is 18.1 Å². The van der Waals surface area contributed by atoms with Gasteiger partial charge in [0.2, 0.25) is 0 Å². The first-order chi connectivity index (χ1) is 6.92. The van der Waals surface area contributed by atoms with Crippen LogP contribution >= 0.6 is 11.3 Å². The maximum absolute atomic E-state index is 5.89. The van der Waals surface area contributed by atoms with Crippen molar-refractivity contribution >= 4 is 11.3 Å². The van der Waals surface area contributed by atoms with Crippen LogP contribution in [0.1, 0.15) is 12.8 Å². The normalized spacial score (nSPS) is 35.9. The van der Waals surface area contributed by atoms with Gasteiger partial charge in [0.1, 0.15) is 6.10 Å². The number of fused-ring (bicyclic) bond motifs is 3. The highest BCUT2D eigenvalue weighted by molar-refractivity contribution is 7.11. The lowest BCUT2D eigenvalue weighted by molar-refractivity contribution is -0.00785. The number of nitrogens with zero attached hydrogens (tertiary/aromatic N) is 2. The molecular formula is C10H14N2OS. The Bertz CT molecular complexity index is 293. The Balaban J connectivity index is 1.68. The summed E-state index contributed by atoms with van der Waals surface area (Å²) in [7, 11) is 0. The highest BCUT2D eigenvalue weighted by atomic mass is 32.1. The molecule has 4 heterocycles. The molecule has 2 bridgehead atoms. The van der Waals surface area contributed by atoms with E-state index in [4.69, 9.17) is 4.74 Å². The number of ether oxygens (including phenoxy) is 1. The minimum atomic E-state index is 0.392. The Labute approximate surface area is 87.7 Å². The molecule has 3 nitrogen and oxygen atoms in total. The Morgan fingerprint density at radius 2 is 2.29 bits per heavy atom. The van der Waals surface area contributed by atoms with Crippen molar-refractivity contribution in [3.63, 3.8) is 0 Å². The Hall–Kier alpha value is -0.610. The van der Waals surface area contributed by atoms with E-state index < -0.39 is 0 Å². The van der Waals surface area contributed by atoms with Crippen LogP contribution in [0.5, 0.6) is 5.19 Å².